The summed E-state index contributed by atoms with van der Waals surface area (Å²) in [6.45, 7) is 8.24. The molecule has 2 atom stereocenters. The van der Waals surface area contributed by atoms with Crippen molar-refractivity contribution < 1.29 is 5.11 Å². The number of hydrogen-bond acceptors (Lipinski definition) is 8. The van der Waals surface area contributed by atoms with Crippen molar-refractivity contribution in [3.8, 4) is 0 Å². The Morgan fingerprint density at radius 2 is 1.87 bits per heavy atom. The van der Waals surface area contributed by atoms with Gasteiger partial charge in [0.25, 0.3) is 0 Å². The molecule has 1 aromatic carbocycles. The zero-order valence-electron chi connectivity index (χ0n) is 17.2. The highest BCUT2D eigenvalue weighted by Crippen LogP contribution is 2.28. The zero-order valence-corrected chi connectivity index (χ0v) is 17.2. The van der Waals surface area contributed by atoms with Crippen molar-refractivity contribution in [1.29, 1.82) is 0 Å². The van der Waals surface area contributed by atoms with Crippen LogP contribution >= 0.6 is 0 Å². The molecule has 0 aliphatic carbocycles. The Balaban J connectivity index is 1.23. The quantitative estimate of drug-likeness (QED) is 0.576. The fourth-order valence-electron chi connectivity index (χ4n) is 4.57. The van der Waals surface area contributed by atoms with E-state index in [1.807, 2.05) is 0 Å². The highest BCUT2D eigenvalue weighted by molar-refractivity contribution is 5.84. The van der Waals surface area contributed by atoms with Gasteiger partial charge in [0.1, 0.15) is 5.52 Å². The van der Waals surface area contributed by atoms with Gasteiger partial charge in [-0.3, -0.25) is 9.80 Å². The van der Waals surface area contributed by atoms with Crippen molar-refractivity contribution in [2.45, 2.75) is 25.6 Å². The third-order valence-corrected chi connectivity index (χ3v) is 6.25. The number of nitrogens with two attached hydrogens (primary N) is 1. The number of nitrogens with zero attached hydrogens (tertiary/aromatic N) is 6. The molecule has 0 spiro atoms. The van der Waals surface area contributed by atoms with Gasteiger partial charge >= 0.3 is 0 Å². The highest BCUT2D eigenvalue weighted by atomic mass is 16.3. The van der Waals surface area contributed by atoms with E-state index in [0.717, 1.165) is 44.1 Å². The number of β-amino-alcohol motifs (C(OH)–C–C–N with tert-alkyl or cyclic N) is 1. The van der Waals surface area contributed by atoms with Crippen LogP contribution < -0.4 is 10.6 Å². The second-order valence-electron chi connectivity index (χ2n) is 8.34. The van der Waals surface area contributed by atoms with E-state index in [-0.39, 0.29) is 12.0 Å². The summed E-state index contributed by atoms with van der Waals surface area (Å²) in [5.41, 5.74) is 9.83. The van der Waals surface area contributed by atoms with Crippen molar-refractivity contribution >= 4 is 22.9 Å². The fourth-order valence-corrected chi connectivity index (χ4v) is 4.57. The van der Waals surface area contributed by atoms with Crippen LogP contribution in [0.5, 0.6) is 0 Å². The van der Waals surface area contributed by atoms with Gasteiger partial charge in [-0.05, 0) is 12.5 Å². The van der Waals surface area contributed by atoms with Crippen molar-refractivity contribution in [3.63, 3.8) is 0 Å². The summed E-state index contributed by atoms with van der Waals surface area (Å²) in [5, 5.41) is 10.8. The molecule has 2 aliphatic heterocycles. The largest absolute Gasteiger partial charge is 0.390 e. The molecule has 0 amide bonds. The summed E-state index contributed by atoms with van der Waals surface area (Å²) in [5.74, 6) is 0.918. The number of fused-ring (bicyclic) bond motifs is 1. The lowest BCUT2D eigenvalue weighted by Gasteiger charge is -2.38. The number of H-pyrrole nitrogens is 1. The Bertz CT molecular complexity index is 1010. The lowest BCUT2D eigenvalue weighted by molar-refractivity contribution is 0.0424. The van der Waals surface area contributed by atoms with Gasteiger partial charge in [0.05, 0.1) is 18.5 Å². The molecular weight excluding hydrogens is 380 g/mol. The minimum Gasteiger partial charge on any atom is -0.390 e. The summed E-state index contributed by atoms with van der Waals surface area (Å²) >= 11 is 0. The van der Waals surface area contributed by atoms with E-state index in [0.29, 0.717) is 18.7 Å². The number of aliphatic hydroxyl groups is 1. The van der Waals surface area contributed by atoms with Gasteiger partial charge in [-0.2, -0.15) is 9.97 Å². The maximum absolute atomic E-state index is 10.8. The zero-order chi connectivity index (χ0) is 20.7. The molecule has 4 heterocycles. The number of benzene rings is 1. The minimum absolute atomic E-state index is 0.0840. The summed E-state index contributed by atoms with van der Waals surface area (Å²) in [6.07, 6.45) is 1.17. The van der Waals surface area contributed by atoms with Crippen LogP contribution in [0.2, 0.25) is 0 Å². The standard InChI is InChI=1S/C21H28N8O/c1-14-2-4-15(5-3-14)10-27-6-8-28(9-7-27)16-11-29(12-17(16)30)20-18-19(24-13-23-18)25-21(22)26-20/h2-5,13,16-17,30H,6-12H2,1H3,(H3,22,23,24,25,26)/t16-,17-/m1/s1. The van der Waals surface area contributed by atoms with Crippen LogP contribution in [0.1, 0.15) is 11.1 Å². The molecule has 0 unspecified atom stereocenters. The van der Waals surface area contributed by atoms with Crippen LogP contribution in [0.25, 0.3) is 11.2 Å². The monoisotopic (exact) mass is 408 g/mol. The van der Waals surface area contributed by atoms with Gasteiger partial charge in [-0.25, -0.2) is 4.98 Å². The van der Waals surface area contributed by atoms with Gasteiger partial charge in [0, 0.05) is 45.8 Å². The number of rotatable bonds is 4. The van der Waals surface area contributed by atoms with Crippen LogP contribution in [0.4, 0.5) is 11.8 Å². The van der Waals surface area contributed by atoms with E-state index in [2.05, 4.69) is 65.8 Å². The molecule has 4 N–H and O–H groups in total. The number of aliphatic hydroxyl groups excluding tert-OH is 1. The van der Waals surface area contributed by atoms with Gasteiger partial charge in [0.2, 0.25) is 5.95 Å². The molecule has 0 bridgehead atoms. The van der Waals surface area contributed by atoms with Crippen molar-refractivity contribution in [2.75, 3.05) is 49.9 Å². The number of hydrogen-bond donors (Lipinski definition) is 3. The predicted octanol–water partition coefficient (Wildman–Crippen LogP) is 0.611. The molecular formula is C21H28N8O. The molecule has 3 aromatic rings. The molecule has 2 saturated heterocycles. The number of anilines is 2. The fraction of sp³-hybridized carbons (Fsp3) is 0.476. The first-order chi connectivity index (χ1) is 14.6. The normalized spacial score (nSPS) is 23.5. The Morgan fingerprint density at radius 1 is 1.10 bits per heavy atom. The van der Waals surface area contributed by atoms with Gasteiger partial charge in [0.15, 0.2) is 11.5 Å². The average molecular weight is 409 g/mol. The third-order valence-electron chi connectivity index (χ3n) is 6.25. The topological polar surface area (TPSA) is 110 Å². The lowest BCUT2D eigenvalue weighted by atomic mass is 10.1. The van der Waals surface area contributed by atoms with Gasteiger partial charge in [-0.15, -0.1) is 0 Å². The molecule has 9 nitrogen and oxygen atoms in total. The minimum atomic E-state index is -0.428. The second-order valence-corrected chi connectivity index (χ2v) is 8.34. The third kappa shape index (κ3) is 3.71. The Hall–Kier alpha value is -2.75. The molecule has 0 radical (unpaired) electrons. The number of nitrogen functional groups attached to an aromatic ring is 1. The van der Waals surface area contributed by atoms with Crippen LogP contribution in [0.3, 0.4) is 0 Å². The van der Waals surface area contributed by atoms with Crippen LogP contribution in [-0.2, 0) is 6.54 Å². The molecule has 158 valence electrons. The maximum atomic E-state index is 10.8. The lowest BCUT2D eigenvalue weighted by Crippen LogP contribution is -2.53. The van der Waals surface area contributed by atoms with Crippen molar-refractivity contribution in [3.05, 3.63) is 41.7 Å². The molecule has 2 fully saturated rings. The summed E-state index contributed by atoms with van der Waals surface area (Å²) in [7, 11) is 0. The Morgan fingerprint density at radius 3 is 2.63 bits per heavy atom. The van der Waals surface area contributed by atoms with E-state index in [4.69, 9.17) is 5.73 Å². The second kappa shape index (κ2) is 7.82. The summed E-state index contributed by atoms with van der Waals surface area (Å²) < 4.78 is 0. The molecule has 30 heavy (non-hydrogen) atoms. The number of imidazole rings is 1. The maximum Gasteiger partial charge on any atom is 0.224 e. The number of nitrogens with one attached hydrogen (secondary N) is 1. The van der Waals surface area contributed by atoms with E-state index in [1.165, 1.54) is 11.1 Å². The number of aromatic nitrogens is 4. The van der Waals surface area contributed by atoms with Crippen molar-refractivity contribution in [1.82, 2.24) is 29.7 Å². The molecule has 5 rings (SSSR count). The van der Waals surface area contributed by atoms with E-state index in [1.54, 1.807) is 6.33 Å². The van der Waals surface area contributed by atoms with Crippen molar-refractivity contribution in [2.24, 2.45) is 0 Å². The number of aromatic amines is 1. The Labute approximate surface area is 175 Å². The first-order valence-electron chi connectivity index (χ1n) is 10.5. The van der Waals surface area contributed by atoms with E-state index in [9.17, 15) is 5.11 Å². The summed E-state index contributed by atoms with van der Waals surface area (Å²) in [4.78, 5) is 22.9. The van der Waals surface area contributed by atoms with Gasteiger partial charge in [-0.1, -0.05) is 29.8 Å². The van der Waals surface area contributed by atoms with Crippen LogP contribution in [-0.4, -0.2) is 86.3 Å². The van der Waals surface area contributed by atoms with E-state index >= 15 is 0 Å². The highest BCUT2D eigenvalue weighted by Gasteiger charge is 2.38. The predicted molar refractivity (Wildman–Crippen MR) is 116 cm³/mol. The SMILES string of the molecule is Cc1ccc(CN2CCN([C@@H]3CN(c4nc(N)nc5nc[nH]c45)C[C@H]3O)CC2)cc1. The van der Waals surface area contributed by atoms with Crippen LogP contribution in [0.15, 0.2) is 30.6 Å². The Kier molecular flexibility index (Phi) is 5.01. The first-order valence-corrected chi connectivity index (χ1v) is 10.5. The molecule has 2 aromatic heterocycles. The van der Waals surface area contributed by atoms with E-state index < -0.39 is 6.10 Å². The first kappa shape index (κ1) is 19.2. The number of piperazine rings is 1. The molecule has 2 aliphatic rings. The molecule has 0 saturated carbocycles. The summed E-state index contributed by atoms with van der Waals surface area (Å²) in [6, 6.07) is 8.85. The van der Waals surface area contributed by atoms with Crippen LogP contribution in [0, 0.1) is 6.92 Å². The molecule has 9 heteroatoms. The number of aryl methyl sites for hydroxylation is 1. The smallest absolute Gasteiger partial charge is 0.224 e. The van der Waals surface area contributed by atoms with Gasteiger partial charge < -0.3 is 20.7 Å². The average Bonchev–Trinajstić information content (AvgIpc) is 3.36.